The van der Waals surface area contributed by atoms with E-state index in [1.54, 1.807) is 0 Å². The van der Waals surface area contributed by atoms with Crippen LogP contribution in [0.1, 0.15) is 37.3 Å². The van der Waals surface area contributed by atoms with Crippen LogP contribution in [-0.4, -0.2) is 30.1 Å². The SMILES string of the molecule is CC(CC#N)N(Cc1ccc(F)cc1C(F)(F)F)C1CCNCC1. The highest BCUT2D eigenvalue weighted by Gasteiger charge is 2.35. The van der Waals surface area contributed by atoms with Gasteiger partial charge in [0.05, 0.1) is 18.1 Å². The highest BCUT2D eigenvalue weighted by molar-refractivity contribution is 5.30. The number of nitrogens with one attached hydrogen (secondary N) is 1. The summed E-state index contributed by atoms with van der Waals surface area (Å²) in [6.07, 6.45) is -2.72. The van der Waals surface area contributed by atoms with Crippen molar-refractivity contribution in [3.8, 4) is 6.07 Å². The normalized spacial score (nSPS) is 17.7. The Balaban J connectivity index is 2.30. The highest BCUT2D eigenvalue weighted by Crippen LogP contribution is 2.34. The molecule has 1 aromatic carbocycles. The summed E-state index contributed by atoms with van der Waals surface area (Å²) in [6, 6.07) is 4.84. The zero-order chi connectivity index (χ0) is 17.7. The maximum Gasteiger partial charge on any atom is 0.416 e. The van der Waals surface area contributed by atoms with Crippen LogP contribution < -0.4 is 5.32 Å². The number of piperidine rings is 1. The molecule has 1 unspecified atom stereocenters. The number of nitriles is 1. The van der Waals surface area contributed by atoms with Crippen molar-refractivity contribution in [1.29, 1.82) is 5.26 Å². The lowest BCUT2D eigenvalue weighted by Crippen LogP contribution is -2.46. The van der Waals surface area contributed by atoms with Gasteiger partial charge in [0, 0.05) is 18.6 Å². The Morgan fingerprint density at radius 2 is 2.00 bits per heavy atom. The molecule has 0 bridgehead atoms. The topological polar surface area (TPSA) is 39.1 Å². The molecule has 0 spiro atoms. The predicted octanol–water partition coefficient (Wildman–Crippen LogP) is 3.70. The molecule has 1 saturated heterocycles. The molecule has 1 N–H and O–H groups in total. The molecule has 1 heterocycles. The van der Waals surface area contributed by atoms with E-state index in [1.165, 1.54) is 6.07 Å². The summed E-state index contributed by atoms with van der Waals surface area (Å²) in [5.41, 5.74) is -0.891. The van der Waals surface area contributed by atoms with E-state index < -0.39 is 17.6 Å². The lowest BCUT2D eigenvalue weighted by Gasteiger charge is -2.38. The zero-order valence-electron chi connectivity index (χ0n) is 13.5. The van der Waals surface area contributed by atoms with E-state index in [1.807, 2.05) is 11.8 Å². The lowest BCUT2D eigenvalue weighted by molar-refractivity contribution is -0.138. The van der Waals surface area contributed by atoms with Crippen molar-refractivity contribution >= 4 is 0 Å². The van der Waals surface area contributed by atoms with Crippen LogP contribution in [0.5, 0.6) is 0 Å². The minimum Gasteiger partial charge on any atom is -0.317 e. The van der Waals surface area contributed by atoms with Crippen LogP contribution in [0.15, 0.2) is 18.2 Å². The molecule has 7 heteroatoms. The first kappa shape index (κ1) is 18.7. The smallest absolute Gasteiger partial charge is 0.317 e. The number of benzene rings is 1. The van der Waals surface area contributed by atoms with Crippen molar-refractivity contribution in [2.75, 3.05) is 13.1 Å². The molecule has 0 radical (unpaired) electrons. The molecule has 3 nitrogen and oxygen atoms in total. The van der Waals surface area contributed by atoms with Gasteiger partial charge in [0.15, 0.2) is 0 Å². The summed E-state index contributed by atoms with van der Waals surface area (Å²) in [5.74, 6) is -0.899. The average Bonchev–Trinajstić information content (AvgIpc) is 2.53. The van der Waals surface area contributed by atoms with E-state index in [4.69, 9.17) is 5.26 Å². The van der Waals surface area contributed by atoms with Gasteiger partial charge < -0.3 is 5.32 Å². The average molecular weight is 343 g/mol. The van der Waals surface area contributed by atoms with Gasteiger partial charge in [-0.25, -0.2) is 4.39 Å². The molecule has 1 aromatic rings. The van der Waals surface area contributed by atoms with Crippen LogP contribution in [0, 0.1) is 17.1 Å². The molecule has 0 saturated carbocycles. The first-order chi connectivity index (χ1) is 11.3. The van der Waals surface area contributed by atoms with Crippen LogP contribution in [0.3, 0.4) is 0 Å². The lowest BCUT2D eigenvalue weighted by atomic mass is 9.99. The van der Waals surface area contributed by atoms with E-state index in [0.717, 1.165) is 32.0 Å². The number of hydrogen-bond donors (Lipinski definition) is 1. The second kappa shape index (κ2) is 7.95. The van der Waals surface area contributed by atoms with Gasteiger partial charge in [0.25, 0.3) is 0 Å². The molecule has 2 rings (SSSR count). The maximum atomic E-state index is 13.3. The summed E-state index contributed by atoms with van der Waals surface area (Å²) in [5, 5.41) is 12.2. The van der Waals surface area contributed by atoms with Crippen molar-refractivity contribution in [3.05, 3.63) is 35.1 Å². The molecule has 0 aliphatic carbocycles. The van der Waals surface area contributed by atoms with Crippen LogP contribution in [0.2, 0.25) is 0 Å². The van der Waals surface area contributed by atoms with Crippen LogP contribution in [0.4, 0.5) is 17.6 Å². The van der Waals surface area contributed by atoms with Gasteiger partial charge in [-0.2, -0.15) is 18.4 Å². The standard InChI is InChI=1S/C17H21F4N3/c1-12(4-7-22)24(15-5-8-23-9-6-15)11-13-2-3-14(18)10-16(13)17(19,20)21/h2-3,10,12,15,23H,4-6,8-9,11H2,1H3. The van der Waals surface area contributed by atoms with Crippen LogP contribution in [-0.2, 0) is 12.7 Å². The largest absolute Gasteiger partial charge is 0.416 e. The van der Waals surface area contributed by atoms with Crippen LogP contribution in [0.25, 0.3) is 0 Å². The molecule has 24 heavy (non-hydrogen) atoms. The second-order valence-electron chi connectivity index (χ2n) is 6.16. The minimum atomic E-state index is -4.60. The third-order valence-electron chi connectivity index (χ3n) is 4.46. The first-order valence-electron chi connectivity index (χ1n) is 8.02. The van der Waals surface area contributed by atoms with E-state index >= 15 is 0 Å². The Hall–Kier alpha value is -1.65. The number of rotatable bonds is 5. The molecule has 0 amide bonds. The Bertz CT molecular complexity index is 588. The van der Waals surface area contributed by atoms with Gasteiger partial charge in [0.1, 0.15) is 5.82 Å². The molecule has 1 aliphatic rings. The first-order valence-corrected chi connectivity index (χ1v) is 8.02. The summed E-state index contributed by atoms with van der Waals surface area (Å²) < 4.78 is 53.0. The number of hydrogen-bond acceptors (Lipinski definition) is 3. The van der Waals surface area contributed by atoms with E-state index in [2.05, 4.69) is 11.4 Å². The van der Waals surface area contributed by atoms with Crippen molar-refractivity contribution in [1.82, 2.24) is 10.2 Å². The number of nitrogens with zero attached hydrogens (tertiary/aromatic N) is 2. The summed E-state index contributed by atoms with van der Waals surface area (Å²) in [6.45, 7) is 3.51. The molecule has 1 aliphatic heterocycles. The van der Waals surface area contributed by atoms with Crippen molar-refractivity contribution in [3.63, 3.8) is 0 Å². The fourth-order valence-electron chi connectivity index (χ4n) is 3.18. The van der Waals surface area contributed by atoms with Gasteiger partial charge in [-0.15, -0.1) is 0 Å². The second-order valence-corrected chi connectivity index (χ2v) is 6.16. The van der Waals surface area contributed by atoms with E-state index in [-0.39, 0.29) is 30.6 Å². The number of alkyl halides is 3. The highest BCUT2D eigenvalue weighted by atomic mass is 19.4. The van der Waals surface area contributed by atoms with E-state index in [9.17, 15) is 17.6 Å². The van der Waals surface area contributed by atoms with Crippen LogP contribution >= 0.6 is 0 Å². The monoisotopic (exact) mass is 343 g/mol. The molecular weight excluding hydrogens is 322 g/mol. The van der Waals surface area contributed by atoms with Gasteiger partial charge in [-0.3, -0.25) is 4.90 Å². The van der Waals surface area contributed by atoms with Gasteiger partial charge in [0.2, 0.25) is 0 Å². The fourth-order valence-corrected chi connectivity index (χ4v) is 3.18. The van der Waals surface area contributed by atoms with Gasteiger partial charge >= 0.3 is 6.18 Å². The quantitative estimate of drug-likeness (QED) is 0.829. The summed E-state index contributed by atoms with van der Waals surface area (Å²) in [7, 11) is 0. The number of halogens is 4. The van der Waals surface area contributed by atoms with Crippen molar-refractivity contribution in [2.24, 2.45) is 0 Å². The fraction of sp³-hybridized carbons (Fsp3) is 0.588. The Labute approximate surface area is 139 Å². The molecule has 1 atom stereocenters. The zero-order valence-corrected chi connectivity index (χ0v) is 13.5. The molecule has 1 fully saturated rings. The van der Waals surface area contributed by atoms with Gasteiger partial charge in [-0.1, -0.05) is 6.07 Å². The van der Waals surface area contributed by atoms with Crippen molar-refractivity contribution in [2.45, 2.75) is 51.0 Å². The molecule has 0 aromatic heterocycles. The minimum absolute atomic E-state index is 0.0484. The van der Waals surface area contributed by atoms with Gasteiger partial charge in [-0.05, 0) is 50.6 Å². The molecular formula is C17H21F4N3. The predicted molar refractivity (Wildman–Crippen MR) is 82.5 cm³/mol. The summed E-state index contributed by atoms with van der Waals surface area (Å²) >= 11 is 0. The Morgan fingerprint density at radius 3 is 2.58 bits per heavy atom. The third-order valence-corrected chi connectivity index (χ3v) is 4.46. The Kier molecular flexibility index (Phi) is 6.19. The van der Waals surface area contributed by atoms with Crippen molar-refractivity contribution < 1.29 is 17.6 Å². The molecule has 132 valence electrons. The third kappa shape index (κ3) is 4.68. The maximum absolute atomic E-state index is 13.3. The Morgan fingerprint density at radius 1 is 1.33 bits per heavy atom. The summed E-state index contributed by atoms with van der Waals surface area (Å²) in [4.78, 5) is 1.95. The van der Waals surface area contributed by atoms with E-state index in [0.29, 0.717) is 6.07 Å².